The lowest BCUT2D eigenvalue weighted by Gasteiger charge is -2.25. The van der Waals surface area contributed by atoms with E-state index in [4.69, 9.17) is 0 Å². The van der Waals surface area contributed by atoms with Gasteiger partial charge in [-0.1, -0.05) is 110 Å². The maximum atomic E-state index is 2.49. The minimum atomic E-state index is 0.495. The molecule has 0 aliphatic carbocycles. The predicted molar refractivity (Wildman–Crippen MR) is 140 cm³/mol. The molecule has 2 unspecified atom stereocenters. The molecule has 0 radical (unpaired) electrons. The summed E-state index contributed by atoms with van der Waals surface area (Å²) < 4.78 is 0. The van der Waals surface area contributed by atoms with Gasteiger partial charge in [-0.2, -0.15) is 0 Å². The molecular formula is C30H58. The monoisotopic (exact) mass is 418 g/mol. The molecule has 0 amide bonds. The van der Waals surface area contributed by atoms with Crippen molar-refractivity contribution in [2.75, 3.05) is 0 Å². The van der Waals surface area contributed by atoms with Crippen LogP contribution in [-0.2, 0) is 0 Å². The zero-order valence-electron chi connectivity index (χ0n) is 22.8. The summed E-state index contributed by atoms with van der Waals surface area (Å²) in [5.41, 5.74) is 5.01. The third kappa shape index (κ3) is 15.3. The second kappa shape index (κ2) is 16.2. The number of allylic oxidation sites excluding steroid dienone is 4. The van der Waals surface area contributed by atoms with Crippen molar-refractivity contribution in [2.45, 2.75) is 146 Å². The van der Waals surface area contributed by atoms with E-state index in [0.717, 1.165) is 17.8 Å². The lowest BCUT2D eigenvalue weighted by molar-refractivity contribution is 0.276. The molecule has 178 valence electrons. The highest BCUT2D eigenvalue weighted by molar-refractivity contribution is 5.30. The molecule has 0 N–H and O–H groups in total. The number of hydrogen-bond acceptors (Lipinski definition) is 0. The van der Waals surface area contributed by atoms with Crippen LogP contribution in [0.15, 0.2) is 22.8 Å². The van der Waals surface area contributed by atoms with E-state index in [2.05, 4.69) is 75.3 Å². The van der Waals surface area contributed by atoms with Crippen molar-refractivity contribution in [3.05, 3.63) is 22.8 Å². The quantitative estimate of drug-likeness (QED) is 0.206. The Hall–Kier alpha value is -0.520. The van der Waals surface area contributed by atoms with Gasteiger partial charge in [0.25, 0.3) is 0 Å². The third-order valence-corrected chi connectivity index (χ3v) is 7.49. The first-order valence-electron chi connectivity index (χ1n) is 13.3. The SMILES string of the molecule is C/C=C(C)/C(C)=C(/C)CCCC(C)(C)CCCC(C)CCCC(C)CCCC(C)C. The van der Waals surface area contributed by atoms with E-state index in [1.165, 1.54) is 88.2 Å². The highest BCUT2D eigenvalue weighted by atomic mass is 14.2. The van der Waals surface area contributed by atoms with Gasteiger partial charge in [-0.15, -0.1) is 0 Å². The van der Waals surface area contributed by atoms with Crippen molar-refractivity contribution in [2.24, 2.45) is 23.2 Å². The fourth-order valence-electron chi connectivity index (χ4n) is 4.60. The van der Waals surface area contributed by atoms with Crippen LogP contribution in [0.25, 0.3) is 0 Å². The van der Waals surface area contributed by atoms with Gasteiger partial charge in [0.2, 0.25) is 0 Å². The molecule has 30 heavy (non-hydrogen) atoms. The van der Waals surface area contributed by atoms with Gasteiger partial charge in [0.05, 0.1) is 0 Å². The smallest absolute Gasteiger partial charge is 0.0317 e. The lowest BCUT2D eigenvalue weighted by Crippen LogP contribution is -2.12. The van der Waals surface area contributed by atoms with Crippen molar-refractivity contribution in [3.8, 4) is 0 Å². The Kier molecular flexibility index (Phi) is 15.9. The Morgan fingerprint density at radius 1 is 0.700 bits per heavy atom. The molecule has 0 saturated heterocycles. The maximum Gasteiger partial charge on any atom is -0.0317 e. The van der Waals surface area contributed by atoms with Gasteiger partial charge < -0.3 is 0 Å². The standard InChI is InChI=1S/C30H58/c1-11-27(6)29(8)28(7)21-15-23-30(9,10)22-14-20-26(5)19-13-18-25(4)17-12-16-24(2)3/h11,24-26H,12-23H2,1-10H3/b27-11+,29-28-. The molecule has 0 saturated carbocycles. The van der Waals surface area contributed by atoms with Gasteiger partial charge in [0.1, 0.15) is 0 Å². The van der Waals surface area contributed by atoms with Crippen LogP contribution in [0, 0.1) is 23.2 Å². The third-order valence-electron chi connectivity index (χ3n) is 7.49. The Morgan fingerprint density at radius 2 is 1.17 bits per heavy atom. The average molecular weight is 419 g/mol. The Morgan fingerprint density at radius 3 is 1.67 bits per heavy atom. The highest BCUT2D eigenvalue weighted by Crippen LogP contribution is 2.32. The van der Waals surface area contributed by atoms with Gasteiger partial charge in [0.15, 0.2) is 0 Å². The van der Waals surface area contributed by atoms with E-state index in [9.17, 15) is 0 Å². The Bertz CT molecular complexity index is 488. The van der Waals surface area contributed by atoms with Crippen LogP contribution < -0.4 is 0 Å². The largest absolute Gasteiger partial charge is 0.0845 e. The van der Waals surface area contributed by atoms with E-state index in [0.29, 0.717) is 5.41 Å². The molecule has 0 heteroatoms. The van der Waals surface area contributed by atoms with E-state index in [1.54, 1.807) is 5.57 Å². The van der Waals surface area contributed by atoms with Crippen molar-refractivity contribution in [3.63, 3.8) is 0 Å². The predicted octanol–water partition coefficient (Wildman–Crippen LogP) is 10.9. The van der Waals surface area contributed by atoms with Crippen LogP contribution in [0.2, 0.25) is 0 Å². The number of hydrogen-bond donors (Lipinski definition) is 0. The zero-order valence-corrected chi connectivity index (χ0v) is 22.8. The molecule has 2 atom stereocenters. The normalized spacial score (nSPS) is 16.0. The molecule has 0 aliphatic rings. The van der Waals surface area contributed by atoms with E-state index in [1.807, 2.05) is 0 Å². The van der Waals surface area contributed by atoms with Gasteiger partial charge >= 0.3 is 0 Å². The van der Waals surface area contributed by atoms with Gasteiger partial charge in [-0.25, -0.2) is 0 Å². The molecule has 0 aromatic heterocycles. The summed E-state index contributed by atoms with van der Waals surface area (Å²) in [4.78, 5) is 0. The summed E-state index contributed by atoms with van der Waals surface area (Å²) in [7, 11) is 0. The molecule has 0 nitrogen and oxygen atoms in total. The summed E-state index contributed by atoms with van der Waals surface area (Å²) in [6.45, 7) is 23.6. The summed E-state index contributed by atoms with van der Waals surface area (Å²) in [6.07, 6.45) is 19.0. The molecule has 0 aromatic rings. The first-order valence-corrected chi connectivity index (χ1v) is 13.3. The fourth-order valence-corrected chi connectivity index (χ4v) is 4.60. The van der Waals surface area contributed by atoms with E-state index in [-0.39, 0.29) is 0 Å². The number of rotatable bonds is 17. The summed E-state index contributed by atoms with van der Waals surface area (Å²) >= 11 is 0. The molecule has 0 rings (SSSR count). The van der Waals surface area contributed by atoms with Gasteiger partial charge in [-0.05, 0) is 82.1 Å². The molecule has 0 spiro atoms. The summed E-state index contributed by atoms with van der Waals surface area (Å²) in [5.74, 6) is 2.70. The second-order valence-corrected chi connectivity index (χ2v) is 11.8. The molecule has 0 aromatic carbocycles. The van der Waals surface area contributed by atoms with E-state index >= 15 is 0 Å². The van der Waals surface area contributed by atoms with Crippen LogP contribution in [0.3, 0.4) is 0 Å². The maximum absolute atomic E-state index is 2.49. The van der Waals surface area contributed by atoms with Crippen molar-refractivity contribution in [1.29, 1.82) is 0 Å². The molecule has 0 aliphatic heterocycles. The summed E-state index contributed by atoms with van der Waals surface area (Å²) in [5, 5.41) is 0. The topological polar surface area (TPSA) is 0 Å². The van der Waals surface area contributed by atoms with Crippen molar-refractivity contribution >= 4 is 0 Å². The zero-order chi connectivity index (χ0) is 23.2. The second-order valence-electron chi connectivity index (χ2n) is 11.8. The van der Waals surface area contributed by atoms with Crippen LogP contribution in [0.5, 0.6) is 0 Å². The Balaban J connectivity index is 3.98. The lowest BCUT2D eigenvalue weighted by atomic mass is 9.80. The average Bonchev–Trinajstić information content (AvgIpc) is 2.65. The molecule has 0 fully saturated rings. The molecular weight excluding hydrogens is 360 g/mol. The Labute approximate surface area is 192 Å². The minimum Gasteiger partial charge on any atom is -0.0845 e. The first-order chi connectivity index (χ1) is 14.0. The van der Waals surface area contributed by atoms with Crippen LogP contribution >= 0.6 is 0 Å². The fraction of sp³-hybridized carbons (Fsp3) is 0.867. The van der Waals surface area contributed by atoms with Gasteiger partial charge in [-0.3, -0.25) is 0 Å². The molecule has 0 heterocycles. The summed E-state index contributed by atoms with van der Waals surface area (Å²) in [6, 6.07) is 0. The van der Waals surface area contributed by atoms with Crippen molar-refractivity contribution in [1.82, 2.24) is 0 Å². The highest BCUT2D eigenvalue weighted by Gasteiger charge is 2.18. The van der Waals surface area contributed by atoms with Crippen LogP contribution in [0.1, 0.15) is 146 Å². The first kappa shape index (κ1) is 29.5. The van der Waals surface area contributed by atoms with E-state index < -0.39 is 0 Å². The van der Waals surface area contributed by atoms with Crippen molar-refractivity contribution < 1.29 is 0 Å². The van der Waals surface area contributed by atoms with Crippen LogP contribution in [-0.4, -0.2) is 0 Å². The molecule has 0 bridgehead atoms. The minimum absolute atomic E-state index is 0.495. The van der Waals surface area contributed by atoms with Crippen LogP contribution in [0.4, 0.5) is 0 Å². The van der Waals surface area contributed by atoms with Gasteiger partial charge in [0, 0.05) is 0 Å².